The van der Waals surface area contributed by atoms with Gasteiger partial charge in [0.15, 0.2) is 6.23 Å². The Hall–Kier alpha value is -2.15. The van der Waals surface area contributed by atoms with Crippen LogP contribution in [0.1, 0.15) is 11.7 Å². The van der Waals surface area contributed by atoms with E-state index in [1.165, 1.54) is 12.1 Å². The fourth-order valence-corrected chi connectivity index (χ4v) is 2.18. The van der Waals surface area contributed by atoms with Gasteiger partial charge >= 0.3 is 0 Å². The van der Waals surface area contributed by atoms with E-state index in [4.69, 9.17) is 0 Å². The second kappa shape index (κ2) is 3.42. The van der Waals surface area contributed by atoms with E-state index in [0.717, 1.165) is 5.56 Å². The molecule has 88 valence electrons. The molecule has 7 heteroatoms. The Morgan fingerprint density at radius 3 is 2.59 bits per heavy atom. The standard InChI is InChI=1S/C10H10N4O3/c15-9-5-12-6-11-13(9)10(12)7-1-3-8(4-2-7)14(16)17/h1-4,6,9-10,15H,5H2. The average molecular weight is 234 g/mol. The molecule has 0 radical (unpaired) electrons. The van der Waals surface area contributed by atoms with E-state index < -0.39 is 11.2 Å². The predicted molar refractivity (Wildman–Crippen MR) is 58.9 cm³/mol. The number of nitro benzene ring substituents is 1. The number of hydrogen-bond donors (Lipinski definition) is 1. The molecule has 1 fully saturated rings. The number of aliphatic hydroxyl groups excluding tert-OH is 1. The second-order valence-electron chi connectivity index (χ2n) is 4.01. The van der Waals surface area contributed by atoms with Gasteiger partial charge in [-0.05, 0) is 17.7 Å². The molecule has 7 nitrogen and oxygen atoms in total. The first-order chi connectivity index (χ1) is 8.16. The van der Waals surface area contributed by atoms with E-state index in [1.807, 2.05) is 4.90 Å². The highest BCUT2D eigenvalue weighted by molar-refractivity contribution is 5.59. The maximum absolute atomic E-state index is 10.5. The molecule has 0 aromatic heterocycles. The van der Waals surface area contributed by atoms with Crippen LogP contribution in [0.2, 0.25) is 0 Å². The third kappa shape index (κ3) is 1.43. The number of hydrogen-bond acceptors (Lipinski definition) is 6. The quantitative estimate of drug-likeness (QED) is 0.594. The van der Waals surface area contributed by atoms with Gasteiger partial charge in [0, 0.05) is 12.1 Å². The van der Waals surface area contributed by atoms with Crippen molar-refractivity contribution in [2.24, 2.45) is 5.10 Å². The normalized spacial score (nSPS) is 25.7. The maximum Gasteiger partial charge on any atom is 0.269 e. The molecule has 2 unspecified atom stereocenters. The second-order valence-corrected chi connectivity index (χ2v) is 4.01. The summed E-state index contributed by atoms with van der Waals surface area (Å²) in [7, 11) is 0. The van der Waals surface area contributed by atoms with Crippen LogP contribution in [0, 0.1) is 10.1 Å². The molecular weight excluding hydrogens is 224 g/mol. The van der Waals surface area contributed by atoms with Crippen LogP contribution in [0.5, 0.6) is 0 Å². The van der Waals surface area contributed by atoms with Gasteiger partial charge in [-0.3, -0.25) is 10.1 Å². The molecular formula is C10H10N4O3. The van der Waals surface area contributed by atoms with Crippen molar-refractivity contribution in [1.82, 2.24) is 9.91 Å². The Bertz CT molecular complexity index is 487. The van der Waals surface area contributed by atoms with Crippen LogP contribution in [-0.2, 0) is 0 Å². The van der Waals surface area contributed by atoms with Crippen LogP contribution in [0.3, 0.4) is 0 Å². The molecule has 1 aromatic carbocycles. The molecule has 0 spiro atoms. The molecule has 1 saturated heterocycles. The Labute approximate surface area is 96.7 Å². The van der Waals surface area contributed by atoms with Crippen molar-refractivity contribution in [2.75, 3.05) is 6.54 Å². The zero-order chi connectivity index (χ0) is 12.0. The smallest absolute Gasteiger partial charge is 0.269 e. The highest BCUT2D eigenvalue weighted by atomic mass is 16.6. The molecule has 1 N–H and O–H groups in total. The van der Waals surface area contributed by atoms with Gasteiger partial charge in [0.1, 0.15) is 12.5 Å². The minimum atomic E-state index is -0.611. The van der Waals surface area contributed by atoms with Crippen molar-refractivity contribution in [3.05, 3.63) is 39.9 Å². The lowest BCUT2D eigenvalue weighted by molar-refractivity contribution is -0.384. The van der Waals surface area contributed by atoms with Crippen LogP contribution >= 0.6 is 0 Å². The minimum Gasteiger partial charge on any atom is -0.370 e. The summed E-state index contributed by atoms with van der Waals surface area (Å²) in [5.74, 6) is 0. The molecule has 1 aromatic rings. The fraction of sp³-hybridized carbons (Fsp3) is 0.300. The monoisotopic (exact) mass is 234 g/mol. The van der Waals surface area contributed by atoms with Gasteiger partial charge in [0.2, 0.25) is 0 Å². The van der Waals surface area contributed by atoms with Crippen molar-refractivity contribution in [3.63, 3.8) is 0 Å². The largest absolute Gasteiger partial charge is 0.370 e. The summed E-state index contributed by atoms with van der Waals surface area (Å²) in [6.45, 7) is 0.505. The summed E-state index contributed by atoms with van der Waals surface area (Å²) in [5, 5.41) is 25.8. The van der Waals surface area contributed by atoms with E-state index in [2.05, 4.69) is 5.10 Å². The fourth-order valence-electron chi connectivity index (χ4n) is 2.18. The van der Waals surface area contributed by atoms with Crippen molar-refractivity contribution in [2.45, 2.75) is 12.4 Å². The third-order valence-electron chi connectivity index (χ3n) is 2.98. The van der Waals surface area contributed by atoms with Crippen LogP contribution in [0.4, 0.5) is 5.69 Å². The van der Waals surface area contributed by atoms with Gasteiger partial charge in [0.25, 0.3) is 5.69 Å². The van der Waals surface area contributed by atoms with Gasteiger partial charge in [-0.1, -0.05) is 0 Å². The van der Waals surface area contributed by atoms with E-state index in [1.54, 1.807) is 23.5 Å². The number of non-ortho nitro benzene ring substituents is 1. The Balaban J connectivity index is 1.89. The third-order valence-corrected chi connectivity index (χ3v) is 2.98. The molecule has 0 saturated carbocycles. The van der Waals surface area contributed by atoms with Gasteiger partial charge < -0.3 is 10.0 Å². The molecule has 2 heterocycles. The molecule has 2 aliphatic heterocycles. The first-order valence-electron chi connectivity index (χ1n) is 5.17. The van der Waals surface area contributed by atoms with Gasteiger partial charge in [-0.25, -0.2) is 5.01 Å². The lowest BCUT2D eigenvalue weighted by Gasteiger charge is -2.20. The number of rotatable bonds is 2. The van der Waals surface area contributed by atoms with Crippen molar-refractivity contribution < 1.29 is 10.0 Å². The van der Waals surface area contributed by atoms with Crippen LogP contribution in [0.25, 0.3) is 0 Å². The number of nitrogens with zero attached hydrogens (tertiary/aromatic N) is 4. The van der Waals surface area contributed by atoms with Crippen molar-refractivity contribution in [3.8, 4) is 0 Å². The van der Waals surface area contributed by atoms with Crippen LogP contribution < -0.4 is 0 Å². The number of hydrazone groups is 1. The summed E-state index contributed by atoms with van der Waals surface area (Å²) < 4.78 is 0. The molecule has 0 amide bonds. The molecule has 17 heavy (non-hydrogen) atoms. The molecule has 3 rings (SSSR count). The molecule has 0 aliphatic carbocycles. The van der Waals surface area contributed by atoms with Gasteiger partial charge in [-0.2, -0.15) is 5.10 Å². The van der Waals surface area contributed by atoms with E-state index >= 15 is 0 Å². The van der Waals surface area contributed by atoms with E-state index in [-0.39, 0.29) is 11.9 Å². The molecule has 2 atom stereocenters. The van der Waals surface area contributed by atoms with Crippen molar-refractivity contribution >= 4 is 12.0 Å². The Morgan fingerprint density at radius 1 is 1.41 bits per heavy atom. The zero-order valence-corrected chi connectivity index (χ0v) is 8.80. The summed E-state index contributed by atoms with van der Waals surface area (Å²) in [6, 6.07) is 6.30. The van der Waals surface area contributed by atoms with E-state index in [9.17, 15) is 15.2 Å². The predicted octanol–water partition coefficient (Wildman–Crippen LogP) is 0.486. The Kier molecular flexibility index (Phi) is 2.02. The van der Waals surface area contributed by atoms with Crippen molar-refractivity contribution in [1.29, 1.82) is 0 Å². The van der Waals surface area contributed by atoms with Crippen LogP contribution in [0.15, 0.2) is 29.4 Å². The number of nitro groups is 1. The zero-order valence-electron chi connectivity index (χ0n) is 8.80. The maximum atomic E-state index is 10.5. The highest BCUT2D eigenvalue weighted by Crippen LogP contribution is 2.36. The summed E-state index contributed by atoms with van der Waals surface area (Å²) >= 11 is 0. The number of aliphatic hydroxyl groups is 1. The topological polar surface area (TPSA) is 82.2 Å². The summed E-state index contributed by atoms with van der Waals surface area (Å²) in [6.07, 6.45) is 0.907. The molecule has 2 bridgehead atoms. The minimum absolute atomic E-state index is 0.0607. The highest BCUT2D eigenvalue weighted by Gasteiger charge is 2.41. The number of fused-ring (bicyclic) bond motifs is 2. The summed E-state index contributed by atoms with van der Waals surface area (Å²) in [5.41, 5.74) is 0.940. The first-order valence-corrected chi connectivity index (χ1v) is 5.17. The van der Waals surface area contributed by atoms with Gasteiger partial charge in [0.05, 0.1) is 11.5 Å². The summed E-state index contributed by atoms with van der Waals surface area (Å²) in [4.78, 5) is 12.0. The van der Waals surface area contributed by atoms with Gasteiger partial charge in [-0.15, -0.1) is 0 Å². The SMILES string of the molecule is O=[N+]([O-])c1ccc(C2N3C=NN2C(O)C3)cc1. The molecule has 2 aliphatic rings. The van der Waals surface area contributed by atoms with Crippen LogP contribution in [-0.4, -0.2) is 39.0 Å². The first kappa shape index (κ1) is 10.0. The lowest BCUT2D eigenvalue weighted by atomic mass is 10.1. The Morgan fingerprint density at radius 2 is 2.12 bits per heavy atom. The number of benzene rings is 1. The lowest BCUT2D eigenvalue weighted by Crippen LogP contribution is -2.27. The average Bonchev–Trinajstić information content (AvgIpc) is 2.85. The van der Waals surface area contributed by atoms with E-state index in [0.29, 0.717) is 6.54 Å².